The van der Waals surface area contributed by atoms with Crippen LogP contribution < -0.4 is 15.4 Å². The van der Waals surface area contributed by atoms with Crippen molar-refractivity contribution in [2.24, 2.45) is 7.05 Å². The Labute approximate surface area is 186 Å². The fourth-order valence-electron chi connectivity index (χ4n) is 2.96. The fourth-order valence-corrected chi connectivity index (χ4v) is 3.64. The molecule has 1 amide bonds. The number of hydrogen-bond acceptors (Lipinski definition) is 8. The summed E-state index contributed by atoms with van der Waals surface area (Å²) in [4.78, 5) is 15.8. The molecule has 3 aromatic rings. The fraction of sp³-hybridized carbons (Fsp3) is 0.286. The van der Waals surface area contributed by atoms with Crippen molar-refractivity contribution in [2.45, 2.75) is 18.7 Å². The Balaban J connectivity index is 2.10. The number of benzene rings is 1. The average Bonchev–Trinajstić information content (AvgIpc) is 3.03. The van der Waals surface area contributed by atoms with E-state index in [2.05, 4.69) is 20.7 Å². The van der Waals surface area contributed by atoms with Crippen molar-refractivity contribution in [3.63, 3.8) is 0 Å². The van der Waals surface area contributed by atoms with Crippen LogP contribution in [0.1, 0.15) is 12.6 Å². The van der Waals surface area contributed by atoms with E-state index in [4.69, 9.17) is 9.84 Å². The molecule has 2 heterocycles. The van der Waals surface area contributed by atoms with Gasteiger partial charge in [0, 0.05) is 55.5 Å². The highest BCUT2D eigenvalue weighted by Crippen LogP contribution is 2.33. The predicted molar refractivity (Wildman–Crippen MR) is 121 cm³/mol. The number of rotatable bonds is 8. The van der Waals surface area contributed by atoms with E-state index in [1.807, 2.05) is 20.0 Å². The molecule has 3 N–H and O–H groups in total. The Morgan fingerprint density at radius 3 is 2.56 bits per heavy atom. The standard InChI is InChI=1S/C21H25N5O5S/c1-13-7-20(25-26(13)3)18-12-22-21(23-14(2)28)11-19(18)24-15-8-16(31-6-5-27)10-17(9-15)32(4,29)30/h7-12,27H,5-6H2,1-4H3,(H2,22,23,24,28). The second-order valence-electron chi connectivity index (χ2n) is 7.25. The molecule has 0 unspecified atom stereocenters. The van der Waals surface area contributed by atoms with Crippen LogP contribution in [0.2, 0.25) is 0 Å². The third kappa shape index (κ3) is 5.62. The molecular weight excluding hydrogens is 434 g/mol. The molecule has 0 aliphatic rings. The molecule has 170 valence electrons. The number of hydrogen-bond donors (Lipinski definition) is 3. The number of nitrogens with one attached hydrogen (secondary N) is 2. The van der Waals surface area contributed by atoms with E-state index in [-0.39, 0.29) is 29.8 Å². The minimum absolute atomic E-state index is 0.0209. The number of ether oxygens (including phenoxy) is 1. The molecule has 0 saturated heterocycles. The maximum atomic E-state index is 12.2. The van der Waals surface area contributed by atoms with Crippen LogP contribution in [0.3, 0.4) is 0 Å². The number of amides is 1. The second kappa shape index (κ2) is 9.37. The van der Waals surface area contributed by atoms with Gasteiger partial charge in [-0.15, -0.1) is 0 Å². The zero-order valence-corrected chi connectivity index (χ0v) is 19.0. The molecule has 0 saturated carbocycles. The van der Waals surface area contributed by atoms with E-state index in [1.54, 1.807) is 23.0 Å². The number of nitrogens with zero attached hydrogens (tertiary/aromatic N) is 3. The SMILES string of the molecule is CC(=O)Nc1cc(Nc2cc(OCCO)cc(S(C)(=O)=O)c2)c(-c2cc(C)n(C)n2)cn1. The summed E-state index contributed by atoms with van der Waals surface area (Å²) in [6.07, 6.45) is 2.68. The largest absolute Gasteiger partial charge is 0.491 e. The highest BCUT2D eigenvalue weighted by atomic mass is 32.2. The molecule has 32 heavy (non-hydrogen) atoms. The molecule has 0 atom stereocenters. The van der Waals surface area contributed by atoms with Gasteiger partial charge in [-0.2, -0.15) is 5.10 Å². The number of aliphatic hydroxyl groups excluding tert-OH is 1. The topological polar surface area (TPSA) is 135 Å². The predicted octanol–water partition coefficient (Wildman–Crippen LogP) is 2.27. The lowest BCUT2D eigenvalue weighted by atomic mass is 10.1. The molecule has 10 nitrogen and oxygen atoms in total. The summed E-state index contributed by atoms with van der Waals surface area (Å²) < 4.78 is 31.5. The molecule has 0 bridgehead atoms. The van der Waals surface area contributed by atoms with Crippen LogP contribution in [0.5, 0.6) is 5.75 Å². The van der Waals surface area contributed by atoms with Gasteiger partial charge < -0.3 is 20.5 Å². The van der Waals surface area contributed by atoms with Gasteiger partial charge in [-0.25, -0.2) is 13.4 Å². The normalized spacial score (nSPS) is 11.3. The van der Waals surface area contributed by atoms with Crippen LogP contribution in [-0.4, -0.2) is 53.7 Å². The summed E-state index contributed by atoms with van der Waals surface area (Å²) in [5.74, 6) is 0.340. The second-order valence-corrected chi connectivity index (χ2v) is 9.27. The minimum Gasteiger partial charge on any atom is -0.491 e. The van der Waals surface area contributed by atoms with E-state index in [9.17, 15) is 13.2 Å². The highest BCUT2D eigenvalue weighted by molar-refractivity contribution is 7.90. The van der Waals surface area contributed by atoms with E-state index in [1.165, 1.54) is 19.1 Å². The lowest BCUT2D eigenvalue weighted by Gasteiger charge is -2.15. The third-order valence-electron chi connectivity index (χ3n) is 4.55. The zero-order chi connectivity index (χ0) is 23.5. The van der Waals surface area contributed by atoms with Crippen molar-refractivity contribution in [3.05, 3.63) is 42.2 Å². The Morgan fingerprint density at radius 1 is 1.22 bits per heavy atom. The smallest absolute Gasteiger partial charge is 0.222 e. The van der Waals surface area contributed by atoms with Crippen molar-refractivity contribution >= 4 is 32.9 Å². The van der Waals surface area contributed by atoms with Gasteiger partial charge in [0.1, 0.15) is 18.2 Å². The van der Waals surface area contributed by atoms with E-state index in [0.717, 1.165) is 11.9 Å². The van der Waals surface area contributed by atoms with Crippen molar-refractivity contribution < 1.29 is 23.1 Å². The average molecular weight is 460 g/mol. The zero-order valence-electron chi connectivity index (χ0n) is 18.2. The lowest BCUT2D eigenvalue weighted by molar-refractivity contribution is -0.114. The Morgan fingerprint density at radius 2 is 1.97 bits per heavy atom. The highest BCUT2D eigenvalue weighted by Gasteiger charge is 2.15. The first-order valence-electron chi connectivity index (χ1n) is 9.71. The molecule has 0 aliphatic heterocycles. The van der Waals surface area contributed by atoms with Crippen molar-refractivity contribution in [1.82, 2.24) is 14.8 Å². The van der Waals surface area contributed by atoms with Gasteiger partial charge in [0.05, 0.1) is 22.9 Å². The van der Waals surface area contributed by atoms with Crippen LogP contribution in [0.25, 0.3) is 11.3 Å². The monoisotopic (exact) mass is 459 g/mol. The lowest BCUT2D eigenvalue weighted by Crippen LogP contribution is -2.08. The van der Waals surface area contributed by atoms with Crippen LogP contribution in [0.4, 0.5) is 17.2 Å². The quantitative estimate of drug-likeness (QED) is 0.467. The first kappa shape index (κ1) is 23.2. The van der Waals surface area contributed by atoms with Crippen molar-refractivity contribution in [3.8, 4) is 17.0 Å². The summed E-state index contributed by atoms with van der Waals surface area (Å²) in [5, 5.41) is 19.4. The first-order chi connectivity index (χ1) is 15.1. The Hall–Kier alpha value is -3.44. The summed E-state index contributed by atoms with van der Waals surface area (Å²) >= 11 is 0. The number of carbonyl (C=O) groups excluding carboxylic acids is 1. The molecule has 1 aromatic carbocycles. The molecule has 0 radical (unpaired) electrons. The molecule has 3 rings (SSSR count). The molecular formula is C21H25N5O5S. The summed E-state index contributed by atoms with van der Waals surface area (Å²) in [7, 11) is -1.70. The van der Waals surface area contributed by atoms with E-state index >= 15 is 0 Å². The minimum atomic E-state index is -3.52. The van der Waals surface area contributed by atoms with Gasteiger partial charge in [-0.1, -0.05) is 0 Å². The van der Waals surface area contributed by atoms with Crippen molar-refractivity contribution in [2.75, 3.05) is 30.1 Å². The molecule has 2 aromatic heterocycles. The summed E-state index contributed by atoms with van der Waals surface area (Å²) in [6.45, 7) is 3.11. The van der Waals surface area contributed by atoms with Crippen LogP contribution in [0.15, 0.2) is 41.4 Å². The molecule has 11 heteroatoms. The third-order valence-corrected chi connectivity index (χ3v) is 5.64. The summed E-state index contributed by atoms with van der Waals surface area (Å²) in [6, 6.07) is 8.03. The van der Waals surface area contributed by atoms with Gasteiger partial charge in [0.15, 0.2) is 9.84 Å². The van der Waals surface area contributed by atoms with Crippen LogP contribution >= 0.6 is 0 Å². The number of anilines is 3. The Kier molecular flexibility index (Phi) is 6.80. The number of carbonyl (C=O) groups is 1. The molecule has 0 spiro atoms. The van der Waals surface area contributed by atoms with Crippen LogP contribution in [-0.2, 0) is 21.7 Å². The number of aromatic nitrogens is 3. The van der Waals surface area contributed by atoms with E-state index < -0.39 is 9.84 Å². The molecule has 0 aliphatic carbocycles. The maximum Gasteiger partial charge on any atom is 0.222 e. The number of aliphatic hydroxyl groups is 1. The van der Waals surface area contributed by atoms with E-state index in [0.29, 0.717) is 28.5 Å². The van der Waals surface area contributed by atoms with Gasteiger partial charge in [-0.05, 0) is 25.1 Å². The molecule has 0 fully saturated rings. The van der Waals surface area contributed by atoms with Gasteiger partial charge in [0.25, 0.3) is 0 Å². The maximum absolute atomic E-state index is 12.2. The Bertz CT molecular complexity index is 1230. The number of pyridine rings is 1. The first-order valence-corrected chi connectivity index (χ1v) is 11.6. The summed E-state index contributed by atoms with van der Waals surface area (Å²) in [5.41, 5.74) is 3.25. The van der Waals surface area contributed by atoms with Gasteiger partial charge in [-0.3, -0.25) is 9.48 Å². The van der Waals surface area contributed by atoms with Gasteiger partial charge in [0.2, 0.25) is 5.91 Å². The van der Waals surface area contributed by atoms with Crippen molar-refractivity contribution in [1.29, 1.82) is 0 Å². The number of aryl methyl sites for hydroxylation is 2. The number of sulfone groups is 1. The van der Waals surface area contributed by atoms with Gasteiger partial charge >= 0.3 is 0 Å². The van der Waals surface area contributed by atoms with Crippen LogP contribution in [0, 0.1) is 6.92 Å².